The van der Waals surface area contributed by atoms with E-state index in [-0.39, 0.29) is 36.4 Å². The van der Waals surface area contributed by atoms with Crippen LogP contribution in [0.4, 0.5) is 11.4 Å². The third-order valence-corrected chi connectivity index (χ3v) is 5.80. The molecule has 1 aliphatic rings. The van der Waals surface area contributed by atoms with Crippen molar-refractivity contribution in [3.8, 4) is 6.07 Å². The van der Waals surface area contributed by atoms with E-state index < -0.39 is 0 Å². The van der Waals surface area contributed by atoms with Gasteiger partial charge in [0.25, 0.3) is 5.91 Å². The molecule has 0 atom stereocenters. The van der Waals surface area contributed by atoms with E-state index in [9.17, 15) is 14.4 Å². The smallest absolute Gasteiger partial charge is 0.261 e. The van der Waals surface area contributed by atoms with E-state index in [2.05, 4.69) is 10.6 Å². The Morgan fingerprint density at radius 3 is 2.51 bits per heavy atom. The number of ketones is 1. The summed E-state index contributed by atoms with van der Waals surface area (Å²) in [6.45, 7) is 3.76. The molecule has 0 saturated carbocycles. The van der Waals surface area contributed by atoms with Crippen molar-refractivity contribution in [3.05, 3.63) is 106 Å². The van der Waals surface area contributed by atoms with Gasteiger partial charge in [0.15, 0.2) is 5.78 Å². The van der Waals surface area contributed by atoms with Crippen molar-refractivity contribution >= 4 is 29.0 Å². The molecule has 0 unspecified atom stereocenters. The number of benzene rings is 3. The molecule has 2 N–H and O–H groups in total. The lowest BCUT2D eigenvalue weighted by atomic mass is 10.0. The molecule has 4 rings (SSSR count). The van der Waals surface area contributed by atoms with Crippen molar-refractivity contribution in [3.63, 3.8) is 0 Å². The van der Waals surface area contributed by atoms with Crippen molar-refractivity contribution in [2.24, 2.45) is 0 Å². The number of Topliss-reactive ketones (excluding diaryl/α,β-unsaturated/α-hetero) is 1. The Balaban J connectivity index is 1.43. The first-order chi connectivity index (χ1) is 16.9. The van der Waals surface area contributed by atoms with Crippen LogP contribution in [0.3, 0.4) is 0 Å². The number of fused-ring (bicyclic) bond motifs is 1. The molecule has 2 amide bonds. The maximum absolute atomic E-state index is 13.0. The molecule has 3 aromatic carbocycles. The predicted molar refractivity (Wildman–Crippen MR) is 134 cm³/mol. The highest BCUT2D eigenvalue weighted by Gasteiger charge is 2.29. The summed E-state index contributed by atoms with van der Waals surface area (Å²) in [5, 5.41) is 15.0. The molecule has 0 spiro atoms. The number of hydrogen-bond donors (Lipinski definition) is 2. The molecular formula is C28H24N4O3. The van der Waals surface area contributed by atoms with Crippen LogP contribution in [0.2, 0.25) is 0 Å². The number of carbonyl (C=O) groups is 3. The molecule has 174 valence electrons. The summed E-state index contributed by atoms with van der Waals surface area (Å²) in [5.74, 6) is -0.549. The van der Waals surface area contributed by atoms with Crippen LogP contribution in [0, 0.1) is 25.2 Å². The Bertz CT molecular complexity index is 1380. The normalized spacial score (nSPS) is 13.6. The van der Waals surface area contributed by atoms with Gasteiger partial charge in [-0.3, -0.25) is 19.3 Å². The number of anilines is 2. The van der Waals surface area contributed by atoms with Crippen molar-refractivity contribution < 1.29 is 14.4 Å². The third kappa shape index (κ3) is 5.28. The number of rotatable bonds is 6. The first kappa shape index (κ1) is 23.5. The van der Waals surface area contributed by atoms with Gasteiger partial charge in [0, 0.05) is 11.3 Å². The topological polar surface area (TPSA) is 102 Å². The second-order valence-corrected chi connectivity index (χ2v) is 8.38. The molecule has 7 nitrogen and oxygen atoms in total. The summed E-state index contributed by atoms with van der Waals surface area (Å²) in [6.07, 6.45) is 1.46. The molecule has 0 aromatic heterocycles. The van der Waals surface area contributed by atoms with E-state index in [0.29, 0.717) is 22.5 Å². The number of nitrogens with one attached hydrogen (secondary N) is 2. The molecule has 0 radical (unpaired) electrons. The Morgan fingerprint density at radius 1 is 1.06 bits per heavy atom. The first-order valence-electron chi connectivity index (χ1n) is 11.1. The van der Waals surface area contributed by atoms with Crippen molar-refractivity contribution in [2.45, 2.75) is 20.3 Å². The number of aryl methyl sites for hydroxylation is 2. The van der Waals surface area contributed by atoms with Crippen LogP contribution in [-0.4, -0.2) is 29.0 Å². The highest BCUT2D eigenvalue weighted by atomic mass is 16.2. The molecule has 1 heterocycles. The molecule has 0 fully saturated rings. The van der Waals surface area contributed by atoms with Gasteiger partial charge < -0.3 is 10.6 Å². The van der Waals surface area contributed by atoms with E-state index in [1.54, 1.807) is 48.5 Å². The van der Waals surface area contributed by atoms with Crippen LogP contribution in [0.1, 0.15) is 37.4 Å². The second-order valence-electron chi connectivity index (χ2n) is 8.38. The van der Waals surface area contributed by atoms with Gasteiger partial charge in [0.05, 0.1) is 36.4 Å². The van der Waals surface area contributed by atoms with Gasteiger partial charge in [-0.05, 0) is 61.4 Å². The summed E-state index contributed by atoms with van der Waals surface area (Å²) in [4.78, 5) is 39.6. The zero-order valence-electron chi connectivity index (χ0n) is 19.5. The quantitative estimate of drug-likeness (QED) is 0.410. The van der Waals surface area contributed by atoms with Gasteiger partial charge >= 0.3 is 0 Å². The van der Waals surface area contributed by atoms with Gasteiger partial charge in [0.1, 0.15) is 5.82 Å². The fraction of sp³-hybridized carbons (Fsp3) is 0.143. The summed E-state index contributed by atoms with van der Waals surface area (Å²) >= 11 is 0. The van der Waals surface area contributed by atoms with Gasteiger partial charge in [-0.1, -0.05) is 35.9 Å². The van der Waals surface area contributed by atoms with Crippen molar-refractivity contribution in [1.82, 2.24) is 4.90 Å². The lowest BCUT2D eigenvalue weighted by molar-refractivity contribution is -0.115. The molecule has 0 bridgehead atoms. The monoisotopic (exact) mass is 464 g/mol. The van der Waals surface area contributed by atoms with Crippen LogP contribution >= 0.6 is 0 Å². The van der Waals surface area contributed by atoms with Crippen LogP contribution < -0.4 is 10.6 Å². The van der Waals surface area contributed by atoms with Crippen LogP contribution in [-0.2, 0) is 11.2 Å². The molecule has 35 heavy (non-hydrogen) atoms. The minimum absolute atomic E-state index is 0.147. The predicted octanol–water partition coefficient (Wildman–Crippen LogP) is 4.60. The number of carbonyl (C=O) groups excluding carboxylic acids is 3. The SMILES string of the molecule is Cc1ccc(CC(=O)Nc2ccc(C(=O)CN3C(=O)c4ccccc4N/C3=C\C#N)cc2)c(C)c1. The zero-order chi connectivity index (χ0) is 24.9. The Morgan fingerprint density at radius 2 is 1.80 bits per heavy atom. The van der Waals surface area contributed by atoms with E-state index in [0.717, 1.165) is 16.7 Å². The highest BCUT2D eigenvalue weighted by molar-refractivity contribution is 6.07. The number of para-hydroxylation sites is 1. The maximum atomic E-state index is 13.0. The number of allylic oxidation sites excluding steroid dienone is 1. The van der Waals surface area contributed by atoms with E-state index in [1.807, 2.05) is 38.1 Å². The first-order valence-corrected chi connectivity index (χ1v) is 11.1. The van der Waals surface area contributed by atoms with Crippen LogP contribution in [0.25, 0.3) is 0 Å². The molecular weight excluding hydrogens is 440 g/mol. The van der Waals surface area contributed by atoms with Crippen molar-refractivity contribution in [1.29, 1.82) is 5.26 Å². The average Bonchev–Trinajstić information content (AvgIpc) is 2.84. The molecule has 0 aliphatic carbocycles. The fourth-order valence-electron chi connectivity index (χ4n) is 3.97. The Kier molecular flexibility index (Phi) is 6.74. The molecule has 7 heteroatoms. The van der Waals surface area contributed by atoms with Gasteiger partial charge in [-0.15, -0.1) is 0 Å². The molecule has 3 aromatic rings. The summed E-state index contributed by atoms with van der Waals surface area (Å²) in [6, 6.07) is 21.4. The third-order valence-electron chi connectivity index (χ3n) is 5.80. The highest BCUT2D eigenvalue weighted by Crippen LogP contribution is 2.27. The fourth-order valence-corrected chi connectivity index (χ4v) is 3.97. The van der Waals surface area contributed by atoms with E-state index >= 15 is 0 Å². The summed E-state index contributed by atoms with van der Waals surface area (Å²) in [7, 11) is 0. The second kappa shape index (κ2) is 10.1. The summed E-state index contributed by atoms with van der Waals surface area (Å²) in [5.41, 5.74) is 5.15. The molecule has 1 aliphatic heterocycles. The van der Waals surface area contributed by atoms with Crippen LogP contribution in [0.5, 0.6) is 0 Å². The number of nitrogens with zero attached hydrogens (tertiary/aromatic N) is 2. The maximum Gasteiger partial charge on any atom is 0.261 e. The number of hydrogen-bond acceptors (Lipinski definition) is 5. The van der Waals surface area contributed by atoms with Gasteiger partial charge in [-0.25, -0.2) is 0 Å². The lowest BCUT2D eigenvalue weighted by Crippen LogP contribution is -2.41. The van der Waals surface area contributed by atoms with Crippen molar-refractivity contribution in [2.75, 3.05) is 17.2 Å². The number of amides is 2. The van der Waals surface area contributed by atoms with Gasteiger partial charge in [0.2, 0.25) is 5.91 Å². The molecule has 0 saturated heterocycles. The standard InChI is InChI=1S/C28H24N4O3/c1-18-7-8-21(19(2)15-18)16-27(34)30-22-11-9-20(10-12-22)25(33)17-32-26(13-14-29)31-24-6-4-3-5-23(24)28(32)35/h3-13,15,31H,16-17H2,1-2H3,(H,30,34)/b26-13+. The minimum atomic E-state index is -0.357. The minimum Gasteiger partial charge on any atom is -0.340 e. The summed E-state index contributed by atoms with van der Waals surface area (Å²) < 4.78 is 0. The Hall–Kier alpha value is -4.70. The lowest BCUT2D eigenvalue weighted by Gasteiger charge is -2.31. The Labute approximate surface area is 203 Å². The van der Waals surface area contributed by atoms with E-state index in [4.69, 9.17) is 5.26 Å². The van der Waals surface area contributed by atoms with Crippen LogP contribution in [0.15, 0.2) is 78.6 Å². The van der Waals surface area contributed by atoms with Gasteiger partial charge in [-0.2, -0.15) is 5.26 Å². The average molecular weight is 465 g/mol. The zero-order valence-corrected chi connectivity index (χ0v) is 19.5. The number of nitriles is 1. The largest absolute Gasteiger partial charge is 0.340 e. The van der Waals surface area contributed by atoms with E-state index in [1.165, 1.54) is 11.0 Å².